The lowest BCUT2D eigenvalue weighted by molar-refractivity contribution is -0.145. The third kappa shape index (κ3) is 7.25. The second kappa shape index (κ2) is 9.98. The molecule has 0 fully saturated rings. The molecule has 4 heteroatoms. The molecule has 0 aliphatic heterocycles. The first-order chi connectivity index (χ1) is 10.5. The van der Waals surface area contributed by atoms with E-state index in [9.17, 15) is 9.59 Å². The van der Waals surface area contributed by atoms with Gasteiger partial charge < -0.3 is 9.47 Å². The quantitative estimate of drug-likeness (QED) is 0.512. The van der Waals surface area contributed by atoms with Crippen molar-refractivity contribution in [2.75, 3.05) is 6.61 Å². The minimum absolute atomic E-state index is 0.219. The van der Waals surface area contributed by atoms with Crippen molar-refractivity contribution in [2.24, 2.45) is 5.92 Å². The highest BCUT2D eigenvalue weighted by Crippen LogP contribution is 2.20. The van der Waals surface area contributed by atoms with Gasteiger partial charge in [0.2, 0.25) is 0 Å². The number of esters is 2. The molecule has 0 heterocycles. The Hall–Kier alpha value is -1.84. The van der Waals surface area contributed by atoms with Crippen LogP contribution in [0, 0.1) is 5.92 Å². The van der Waals surface area contributed by atoms with Crippen LogP contribution in [-0.2, 0) is 20.7 Å². The van der Waals surface area contributed by atoms with Gasteiger partial charge in [0.25, 0.3) is 0 Å². The summed E-state index contributed by atoms with van der Waals surface area (Å²) >= 11 is 0. The van der Waals surface area contributed by atoms with Gasteiger partial charge in [-0.1, -0.05) is 45.4 Å². The number of carbonyl (C=O) groups excluding carboxylic acids is 2. The van der Waals surface area contributed by atoms with Crippen LogP contribution in [0.5, 0.6) is 5.75 Å². The van der Waals surface area contributed by atoms with Gasteiger partial charge in [-0.15, -0.1) is 0 Å². The van der Waals surface area contributed by atoms with Crippen LogP contribution in [0.2, 0.25) is 0 Å². The highest BCUT2D eigenvalue weighted by molar-refractivity contribution is 5.74. The standard InChI is InChI=1S/C18H26O4/c1-4-8-15-9-5-6-10-16(15)22-18(20)12-7-11-17(19)21-13-14(2)3/h5-6,9-10,14H,4,7-8,11-13H2,1-3H3. The molecule has 1 aromatic carbocycles. The van der Waals surface area contributed by atoms with Crippen molar-refractivity contribution in [3.63, 3.8) is 0 Å². The van der Waals surface area contributed by atoms with E-state index in [-0.39, 0.29) is 24.8 Å². The van der Waals surface area contributed by atoms with Gasteiger partial charge in [0.05, 0.1) is 6.61 Å². The fraction of sp³-hybridized carbons (Fsp3) is 0.556. The average molecular weight is 306 g/mol. The molecule has 0 saturated heterocycles. The number of benzene rings is 1. The summed E-state index contributed by atoms with van der Waals surface area (Å²) in [6.07, 6.45) is 2.79. The monoisotopic (exact) mass is 306 g/mol. The summed E-state index contributed by atoms with van der Waals surface area (Å²) in [6.45, 7) is 6.48. The van der Waals surface area contributed by atoms with Gasteiger partial charge >= 0.3 is 11.9 Å². The van der Waals surface area contributed by atoms with E-state index in [1.165, 1.54) is 0 Å². The Kier molecular flexibility index (Phi) is 8.26. The fourth-order valence-electron chi connectivity index (χ4n) is 1.96. The lowest BCUT2D eigenvalue weighted by Crippen LogP contribution is -2.12. The van der Waals surface area contributed by atoms with Crippen molar-refractivity contribution in [1.82, 2.24) is 0 Å². The molecule has 0 spiro atoms. The molecule has 0 aliphatic rings. The first-order valence-corrected chi connectivity index (χ1v) is 7.97. The number of hydrogen-bond acceptors (Lipinski definition) is 4. The van der Waals surface area contributed by atoms with Gasteiger partial charge in [-0.25, -0.2) is 0 Å². The number of aryl methyl sites for hydroxylation is 1. The van der Waals surface area contributed by atoms with Crippen molar-refractivity contribution in [3.8, 4) is 5.75 Å². The third-order valence-electron chi connectivity index (χ3n) is 3.06. The fourth-order valence-corrected chi connectivity index (χ4v) is 1.96. The summed E-state index contributed by atoms with van der Waals surface area (Å²) in [7, 11) is 0. The van der Waals surface area contributed by atoms with Gasteiger partial charge in [-0.05, 0) is 30.4 Å². The highest BCUT2D eigenvalue weighted by atomic mass is 16.5. The van der Waals surface area contributed by atoms with Crippen molar-refractivity contribution in [1.29, 1.82) is 0 Å². The topological polar surface area (TPSA) is 52.6 Å². The predicted octanol–water partition coefficient (Wildman–Crippen LogP) is 3.91. The zero-order chi connectivity index (χ0) is 16.4. The molecule has 0 atom stereocenters. The normalized spacial score (nSPS) is 10.5. The zero-order valence-electron chi connectivity index (χ0n) is 13.8. The summed E-state index contributed by atoms with van der Waals surface area (Å²) in [5, 5.41) is 0. The minimum Gasteiger partial charge on any atom is -0.465 e. The van der Waals surface area contributed by atoms with Gasteiger partial charge in [-0.2, -0.15) is 0 Å². The molecule has 122 valence electrons. The van der Waals surface area contributed by atoms with Gasteiger partial charge in [0.1, 0.15) is 5.75 Å². The Morgan fingerprint density at radius 2 is 1.77 bits per heavy atom. The van der Waals surface area contributed by atoms with E-state index < -0.39 is 0 Å². The van der Waals surface area contributed by atoms with Crippen LogP contribution in [0.1, 0.15) is 52.0 Å². The molecular weight excluding hydrogens is 280 g/mol. The van der Waals surface area contributed by atoms with Crippen molar-refractivity contribution in [3.05, 3.63) is 29.8 Å². The lowest BCUT2D eigenvalue weighted by atomic mass is 10.1. The Labute approximate surface area is 132 Å². The molecule has 22 heavy (non-hydrogen) atoms. The van der Waals surface area contributed by atoms with Gasteiger partial charge in [0.15, 0.2) is 0 Å². The number of rotatable bonds is 9. The van der Waals surface area contributed by atoms with Crippen LogP contribution in [0.3, 0.4) is 0 Å². The largest absolute Gasteiger partial charge is 0.465 e. The maximum Gasteiger partial charge on any atom is 0.311 e. The molecule has 0 aliphatic carbocycles. The van der Waals surface area contributed by atoms with Crippen LogP contribution in [-0.4, -0.2) is 18.5 Å². The molecule has 4 nitrogen and oxygen atoms in total. The van der Waals surface area contributed by atoms with E-state index in [0.29, 0.717) is 24.7 Å². The Morgan fingerprint density at radius 3 is 2.45 bits per heavy atom. The second-order valence-electron chi connectivity index (χ2n) is 5.76. The Balaban J connectivity index is 2.33. The van der Waals surface area contributed by atoms with Crippen LogP contribution in [0.4, 0.5) is 0 Å². The van der Waals surface area contributed by atoms with Gasteiger partial charge in [0, 0.05) is 12.8 Å². The van der Waals surface area contributed by atoms with E-state index in [1.54, 1.807) is 6.07 Å². The molecular formula is C18H26O4. The lowest BCUT2D eigenvalue weighted by Gasteiger charge is -2.09. The van der Waals surface area contributed by atoms with Crippen molar-refractivity contribution < 1.29 is 19.1 Å². The minimum atomic E-state index is -0.305. The maximum absolute atomic E-state index is 11.8. The van der Waals surface area contributed by atoms with Crippen LogP contribution in [0.25, 0.3) is 0 Å². The van der Waals surface area contributed by atoms with Crippen molar-refractivity contribution in [2.45, 2.75) is 52.9 Å². The van der Waals surface area contributed by atoms with Crippen LogP contribution in [0.15, 0.2) is 24.3 Å². The summed E-state index contributed by atoms with van der Waals surface area (Å²) in [4.78, 5) is 23.3. The van der Waals surface area contributed by atoms with E-state index >= 15 is 0 Å². The van der Waals surface area contributed by atoms with Crippen molar-refractivity contribution >= 4 is 11.9 Å². The number of hydrogen-bond donors (Lipinski definition) is 0. The van der Waals surface area contributed by atoms with Gasteiger partial charge in [-0.3, -0.25) is 9.59 Å². The summed E-state index contributed by atoms with van der Waals surface area (Å²) in [5.74, 6) is 0.383. The third-order valence-corrected chi connectivity index (χ3v) is 3.06. The predicted molar refractivity (Wildman–Crippen MR) is 85.7 cm³/mol. The highest BCUT2D eigenvalue weighted by Gasteiger charge is 2.10. The molecule has 0 unspecified atom stereocenters. The smallest absolute Gasteiger partial charge is 0.311 e. The molecule has 0 N–H and O–H groups in total. The first-order valence-electron chi connectivity index (χ1n) is 7.97. The average Bonchev–Trinajstić information content (AvgIpc) is 2.47. The van der Waals surface area contributed by atoms with Crippen LogP contribution < -0.4 is 4.74 Å². The zero-order valence-corrected chi connectivity index (χ0v) is 13.8. The van der Waals surface area contributed by atoms with Crippen LogP contribution >= 0.6 is 0 Å². The molecule has 0 saturated carbocycles. The number of carbonyl (C=O) groups is 2. The first kappa shape index (κ1) is 18.2. The van der Waals surface area contributed by atoms with E-state index in [0.717, 1.165) is 18.4 Å². The number of para-hydroxylation sites is 1. The molecule has 0 radical (unpaired) electrons. The summed E-state index contributed by atoms with van der Waals surface area (Å²) < 4.78 is 10.5. The summed E-state index contributed by atoms with van der Waals surface area (Å²) in [5.41, 5.74) is 1.04. The molecule has 1 aromatic rings. The Bertz CT molecular complexity index is 480. The van der Waals surface area contributed by atoms with E-state index in [1.807, 2.05) is 32.0 Å². The molecule has 0 aromatic heterocycles. The maximum atomic E-state index is 11.8. The summed E-state index contributed by atoms with van der Waals surface area (Å²) in [6, 6.07) is 7.56. The number of ether oxygens (including phenoxy) is 2. The molecule has 0 amide bonds. The molecule has 0 bridgehead atoms. The second-order valence-corrected chi connectivity index (χ2v) is 5.76. The Morgan fingerprint density at radius 1 is 1.09 bits per heavy atom. The van der Waals surface area contributed by atoms with E-state index in [2.05, 4.69) is 6.92 Å². The van der Waals surface area contributed by atoms with E-state index in [4.69, 9.17) is 9.47 Å². The molecule has 1 rings (SSSR count). The SMILES string of the molecule is CCCc1ccccc1OC(=O)CCCC(=O)OCC(C)C.